The molecule has 0 bridgehead atoms. The van der Waals surface area contributed by atoms with Crippen molar-refractivity contribution in [3.8, 4) is 0 Å². The predicted molar refractivity (Wildman–Crippen MR) is 83.6 cm³/mol. The fourth-order valence-corrected chi connectivity index (χ4v) is 3.06. The minimum Gasteiger partial charge on any atom is -0.369 e. The van der Waals surface area contributed by atoms with Gasteiger partial charge in [-0.1, -0.05) is 27.2 Å². The third-order valence-electron chi connectivity index (χ3n) is 3.90. The van der Waals surface area contributed by atoms with Crippen molar-refractivity contribution in [1.29, 1.82) is 0 Å². The number of anilines is 2. The lowest BCUT2D eigenvalue weighted by Crippen LogP contribution is -2.31. The first kappa shape index (κ1) is 14.6. The number of nitrogens with one attached hydrogen (secondary N) is 2. The topological polar surface area (TPSA) is 49.8 Å². The largest absolute Gasteiger partial charge is 0.369 e. The molecule has 1 aromatic heterocycles. The smallest absolute Gasteiger partial charge is 0.146 e. The van der Waals surface area contributed by atoms with Gasteiger partial charge < -0.3 is 10.6 Å². The van der Waals surface area contributed by atoms with E-state index in [9.17, 15) is 0 Å². The second-order valence-electron chi connectivity index (χ2n) is 5.89. The minimum absolute atomic E-state index is 0.335. The first-order valence-corrected chi connectivity index (χ1v) is 7.85. The maximum absolute atomic E-state index is 4.37. The molecule has 1 aliphatic rings. The van der Waals surface area contributed by atoms with Crippen molar-refractivity contribution < 1.29 is 0 Å². The Morgan fingerprint density at radius 2 is 2.11 bits per heavy atom. The number of hydrogen-bond donors (Lipinski definition) is 2. The molecule has 106 valence electrons. The Morgan fingerprint density at radius 1 is 1.37 bits per heavy atom. The van der Waals surface area contributed by atoms with Crippen molar-refractivity contribution in [3.05, 3.63) is 10.8 Å². The van der Waals surface area contributed by atoms with E-state index in [2.05, 4.69) is 57.3 Å². The fourth-order valence-electron chi connectivity index (χ4n) is 2.60. The van der Waals surface area contributed by atoms with E-state index in [1.165, 1.54) is 19.3 Å². The van der Waals surface area contributed by atoms with E-state index in [1.807, 2.05) is 0 Å². The summed E-state index contributed by atoms with van der Waals surface area (Å²) in [5.74, 6) is 1.77. The summed E-state index contributed by atoms with van der Waals surface area (Å²) in [6, 6.07) is 0.484. The maximum Gasteiger partial charge on any atom is 0.146 e. The lowest BCUT2D eigenvalue weighted by atomic mass is 9.87. The minimum atomic E-state index is 0.335. The van der Waals surface area contributed by atoms with Gasteiger partial charge in [0.1, 0.15) is 22.4 Å². The number of halogens is 1. The summed E-state index contributed by atoms with van der Waals surface area (Å²) >= 11 is 3.61. The van der Waals surface area contributed by atoms with E-state index < -0.39 is 0 Å². The van der Waals surface area contributed by atoms with E-state index in [4.69, 9.17) is 0 Å². The highest BCUT2D eigenvalue weighted by Gasteiger charge is 2.34. The molecule has 1 unspecified atom stereocenters. The van der Waals surface area contributed by atoms with Gasteiger partial charge in [0, 0.05) is 12.6 Å². The van der Waals surface area contributed by atoms with E-state index in [-0.39, 0.29) is 0 Å². The van der Waals surface area contributed by atoms with Gasteiger partial charge >= 0.3 is 0 Å². The molecule has 0 radical (unpaired) electrons. The molecule has 0 spiro atoms. The molecule has 19 heavy (non-hydrogen) atoms. The van der Waals surface area contributed by atoms with Crippen LogP contribution in [-0.2, 0) is 0 Å². The summed E-state index contributed by atoms with van der Waals surface area (Å²) in [6.45, 7) is 7.71. The number of rotatable bonds is 5. The van der Waals surface area contributed by atoms with Gasteiger partial charge in [0.05, 0.1) is 0 Å². The molecule has 1 saturated carbocycles. The van der Waals surface area contributed by atoms with E-state index in [0.29, 0.717) is 11.5 Å². The third-order valence-corrected chi connectivity index (χ3v) is 4.65. The van der Waals surface area contributed by atoms with Crippen LogP contribution in [0.1, 0.15) is 46.5 Å². The first-order valence-electron chi connectivity index (χ1n) is 7.05. The van der Waals surface area contributed by atoms with Gasteiger partial charge in [0.25, 0.3) is 0 Å². The van der Waals surface area contributed by atoms with Crippen LogP contribution in [0, 0.1) is 5.41 Å². The summed E-state index contributed by atoms with van der Waals surface area (Å²) in [7, 11) is 0. The number of hydrogen-bond acceptors (Lipinski definition) is 4. The Bertz CT molecular complexity index is 433. The predicted octanol–water partition coefficient (Wildman–Crippen LogP) is 4.05. The Labute approximate surface area is 123 Å². The fraction of sp³-hybridized carbons (Fsp3) is 0.714. The van der Waals surface area contributed by atoms with E-state index >= 15 is 0 Å². The van der Waals surface area contributed by atoms with Gasteiger partial charge in [0.15, 0.2) is 0 Å². The summed E-state index contributed by atoms with van der Waals surface area (Å²) in [5, 5.41) is 6.89. The first-order chi connectivity index (χ1) is 9.04. The number of nitrogens with zero attached hydrogens (tertiary/aromatic N) is 2. The lowest BCUT2D eigenvalue weighted by Gasteiger charge is -2.28. The van der Waals surface area contributed by atoms with Crippen LogP contribution in [0.25, 0.3) is 0 Å². The zero-order chi connectivity index (χ0) is 13.9. The van der Waals surface area contributed by atoms with E-state index in [1.54, 1.807) is 6.33 Å². The molecule has 1 atom stereocenters. The van der Waals surface area contributed by atoms with E-state index in [0.717, 1.165) is 29.1 Å². The van der Waals surface area contributed by atoms with Gasteiger partial charge in [-0.25, -0.2) is 9.97 Å². The molecular formula is C14H23BrN4. The molecule has 2 rings (SSSR count). The van der Waals surface area contributed by atoms with Crippen molar-refractivity contribution in [2.24, 2.45) is 5.41 Å². The Hall–Kier alpha value is -0.840. The second kappa shape index (κ2) is 6.07. The molecule has 5 heteroatoms. The van der Waals surface area contributed by atoms with Crippen LogP contribution in [0.2, 0.25) is 0 Å². The molecule has 1 aromatic rings. The standard InChI is InChI=1S/C14H23BrN4/c1-4-8-16-12-11(15)13(18-9-17-12)19-10-6-5-7-14(10,2)3/h9-10H,4-8H2,1-3H3,(H2,16,17,18,19). The molecule has 1 fully saturated rings. The highest BCUT2D eigenvalue weighted by atomic mass is 79.9. The summed E-state index contributed by atoms with van der Waals surface area (Å²) in [5.41, 5.74) is 0.335. The zero-order valence-corrected chi connectivity index (χ0v) is 13.5. The molecule has 0 amide bonds. The van der Waals surface area contributed by atoms with Gasteiger partial charge in [-0.15, -0.1) is 0 Å². The van der Waals surface area contributed by atoms with Gasteiger partial charge in [-0.05, 0) is 40.6 Å². The third kappa shape index (κ3) is 3.38. The molecule has 1 heterocycles. The Kier molecular flexibility index (Phi) is 4.66. The van der Waals surface area contributed by atoms with Crippen molar-refractivity contribution in [1.82, 2.24) is 9.97 Å². The highest BCUT2D eigenvalue weighted by Crippen LogP contribution is 2.40. The second-order valence-corrected chi connectivity index (χ2v) is 6.68. The molecule has 0 saturated heterocycles. The van der Waals surface area contributed by atoms with Gasteiger partial charge in [-0.2, -0.15) is 0 Å². The normalized spacial score (nSPS) is 21.4. The van der Waals surface area contributed by atoms with Crippen molar-refractivity contribution in [3.63, 3.8) is 0 Å². The molecule has 1 aliphatic carbocycles. The average molecular weight is 327 g/mol. The van der Waals surface area contributed by atoms with Crippen molar-refractivity contribution in [2.45, 2.75) is 52.5 Å². The average Bonchev–Trinajstić information content (AvgIpc) is 2.70. The van der Waals surface area contributed by atoms with Crippen LogP contribution in [0.15, 0.2) is 10.8 Å². The molecular weight excluding hydrogens is 304 g/mol. The van der Waals surface area contributed by atoms with Crippen LogP contribution in [0.3, 0.4) is 0 Å². The number of aromatic nitrogens is 2. The molecule has 2 N–H and O–H groups in total. The van der Waals surface area contributed by atoms with Crippen LogP contribution >= 0.6 is 15.9 Å². The molecule has 4 nitrogen and oxygen atoms in total. The lowest BCUT2D eigenvalue weighted by molar-refractivity contribution is 0.349. The summed E-state index contributed by atoms with van der Waals surface area (Å²) in [4.78, 5) is 8.65. The SMILES string of the molecule is CCCNc1ncnc(NC2CCCC2(C)C)c1Br. The van der Waals surface area contributed by atoms with Gasteiger partial charge in [-0.3, -0.25) is 0 Å². The monoisotopic (exact) mass is 326 g/mol. The van der Waals surface area contributed by atoms with Crippen LogP contribution in [0.5, 0.6) is 0 Å². The van der Waals surface area contributed by atoms with Gasteiger partial charge in [0.2, 0.25) is 0 Å². The summed E-state index contributed by atoms with van der Waals surface area (Å²) in [6.07, 6.45) is 6.46. The maximum atomic E-state index is 4.37. The Morgan fingerprint density at radius 3 is 2.74 bits per heavy atom. The van der Waals surface area contributed by atoms with Crippen molar-refractivity contribution in [2.75, 3.05) is 17.2 Å². The zero-order valence-electron chi connectivity index (χ0n) is 12.0. The van der Waals surface area contributed by atoms with Crippen LogP contribution in [-0.4, -0.2) is 22.6 Å². The van der Waals surface area contributed by atoms with Crippen molar-refractivity contribution >= 4 is 27.6 Å². The molecule has 0 aromatic carbocycles. The Balaban J connectivity index is 2.12. The highest BCUT2D eigenvalue weighted by molar-refractivity contribution is 9.10. The van der Waals surface area contributed by atoms with Crippen LogP contribution < -0.4 is 10.6 Å². The summed E-state index contributed by atoms with van der Waals surface area (Å²) < 4.78 is 0.936. The van der Waals surface area contributed by atoms with Crippen LogP contribution in [0.4, 0.5) is 11.6 Å². The molecule has 0 aliphatic heterocycles. The quantitative estimate of drug-likeness (QED) is 0.856.